The van der Waals surface area contributed by atoms with Gasteiger partial charge in [0.1, 0.15) is 17.4 Å². The summed E-state index contributed by atoms with van der Waals surface area (Å²) in [6.07, 6.45) is 1.30. The number of rotatable bonds is 6. The fourth-order valence-electron chi connectivity index (χ4n) is 3.22. The number of carbonyl (C=O) groups excluding carboxylic acids is 2. The van der Waals surface area contributed by atoms with Gasteiger partial charge in [0.15, 0.2) is 0 Å². The molecule has 4 rings (SSSR count). The summed E-state index contributed by atoms with van der Waals surface area (Å²) in [6.45, 7) is 0.152. The molecule has 162 valence electrons. The molecule has 0 bridgehead atoms. The highest BCUT2D eigenvalue weighted by Gasteiger charge is 2.35. The van der Waals surface area contributed by atoms with Crippen LogP contribution in [-0.4, -0.2) is 34.1 Å². The van der Waals surface area contributed by atoms with Crippen molar-refractivity contribution in [3.05, 3.63) is 85.2 Å². The maximum Gasteiger partial charge on any atom is 0.293 e. The molecule has 3 aromatic carbocycles. The van der Waals surface area contributed by atoms with Crippen LogP contribution in [0.5, 0.6) is 5.75 Å². The maximum absolute atomic E-state index is 12.8. The molecular formula is C22H14Cl2N2O5S. The monoisotopic (exact) mass is 488 g/mol. The lowest BCUT2D eigenvalue weighted by Crippen LogP contribution is -2.32. The van der Waals surface area contributed by atoms with Crippen LogP contribution in [0.4, 0.5) is 10.5 Å². The van der Waals surface area contributed by atoms with Gasteiger partial charge in [0.25, 0.3) is 16.8 Å². The van der Waals surface area contributed by atoms with Crippen molar-refractivity contribution in [3.8, 4) is 5.75 Å². The number of hydrogen-bond donors (Lipinski definition) is 0. The third-order valence-electron chi connectivity index (χ3n) is 4.77. The first-order chi connectivity index (χ1) is 15.4. The van der Waals surface area contributed by atoms with Crippen molar-refractivity contribution in [2.24, 2.45) is 0 Å². The van der Waals surface area contributed by atoms with E-state index in [2.05, 4.69) is 0 Å². The topological polar surface area (TPSA) is 89.8 Å². The molecule has 1 saturated heterocycles. The lowest BCUT2D eigenvalue weighted by atomic mass is 10.1. The van der Waals surface area contributed by atoms with Gasteiger partial charge in [0.2, 0.25) is 0 Å². The van der Waals surface area contributed by atoms with Gasteiger partial charge in [-0.1, -0.05) is 59.6 Å². The Balaban J connectivity index is 1.50. The molecule has 7 nitrogen and oxygen atoms in total. The third kappa shape index (κ3) is 4.29. The van der Waals surface area contributed by atoms with Crippen LogP contribution < -0.4 is 4.74 Å². The molecule has 10 heteroatoms. The van der Waals surface area contributed by atoms with Crippen LogP contribution in [0, 0.1) is 10.1 Å². The molecule has 2 amide bonds. The smallest absolute Gasteiger partial charge is 0.293 e. The van der Waals surface area contributed by atoms with Crippen LogP contribution in [0.25, 0.3) is 16.8 Å². The molecule has 3 aromatic rings. The number of carbonyl (C=O) groups is 2. The van der Waals surface area contributed by atoms with E-state index < -0.39 is 16.1 Å². The minimum absolute atomic E-state index is 0.0433. The number of hydrogen-bond acceptors (Lipinski definition) is 6. The van der Waals surface area contributed by atoms with Crippen molar-refractivity contribution in [3.63, 3.8) is 0 Å². The van der Waals surface area contributed by atoms with E-state index >= 15 is 0 Å². The quantitative estimate of drug-likeness (QED) is 0.234. The van der Waals surface area contributed by atoms with Crippen LogP contribution in [0.1, 0.15) is 5.56 Å². The molecule has 32 heavy (non-hydrogen) atoms. The fraction of sp³-hybridized carbons (Fsp3) is 0.0909. The Morgan fingerprint density at radius 2 is 1.81 bits per heavy atom. The number of imide groups is 1. The molecule has 0 aromatic heterocycles. The predicted octanol–water partition coefficient (Wildman–Crippen LogP) is 6.17. The first kappa shape index (κ1) is 22.1. The van der Waals surface area contributed by atoms with Crippen molar-refractivity contribution in [1.82, 2.24) is 4.90 Å². The van der Waals surface area contributed by atoms with Gasteiger partial charge in [0, 0.05) is 22.0 Å². The minimum Gasteiger partial charge on any atom is -0.491 e. The highest BCUT2D eigenvalue weighted by atomic mass is 35.5. The second kappa shape index (κ2) is 9.20. The summed E-state index contributed by atoms with van der Waals surface area (Å²) in [5.41, 5.74) is -0.231. The Bertz CT molecular complexity index is 1290. The van der Waals surface area contributed by atoms with E-state index in [0.29, 0.717) is 17.5 Å². The van der Waals surface area contributed by atoms with Crippen molar-refractivity contribution >= 4 is 68.6 Å². The molecule has 1 aliphatic heterocycles. The zero-order valence-electron chi connectivity index (χ0n) is 16.3. The first-order valence-electron chi connectivity index (χ1n) is 9.35. The van der Waals surface area contributed by atoms with Crippen molar-refractivity contribution in [1.29, 1.82) is 0 Å². The van der Waals surface area contributed by atoms with Gasteiger partial charge in [-0.05, 0) is 35.4 Å². The molecule has 0 spiro atoms. The molecule has 0 unspecified atom stereocenters. The largest absolute Gasteiger partial charge is 0.491 e. The van der Waals surface area contributed by atoms with Crippen LogP contribution in [-0.2, 0) is 4.79 Å². The zero-order chi connectivity index (χ0) is 22.8. The van der Waals surface area contributed by atoms with Crippen LogP contribution in [0.15, 0.2) is 59.5 Å². The molecule has 0 aliphatic carbocycles. The molecule has 1 heterocycles. The molecule has 0 atom stereocenters. The maximum atomic E-state index is 12.8. The highest BCUT2D eigenvalue weighted by Crippen LogP contribution is 2.38. The lowest BCUT2D eigenvalue weighted by molar-refractivity contribution is -0.384. The number of ether oxygens (including phenoxy) is 1. The summed E-state index contributed by atoms with van der Waals surface area (Å²) in [7, 11) is 0. The number of thioether (sulfide) groups is 1. The zero-order valence-corrected chi connectivity index (χ0v) is 18.6. The Morgan fingerprint density at radius 3 is 2.59 bits per heavy atom. The molecule has 0 saturated carbocycles. The Kier molecular flexibility index (Phi) is 6.36. The summed E-state index contributed by atoms with van der Waals surface area (Å²) in [6, 6.07) is 15.9. The Hall–Kier alpha value is -3.07. The standard InChI is InChI=1S/C22H14Cl2N2O5S/c23-16-8-9-17(26(29)30)20(24)15(16)12-19-21(27)25(22(28)32-19)10-11-31-18-7-3-5-13-4-1-2-6-14(13)18/h1-9,12H,10-11H2/b19-12-. The van der Waals surface area contributed by atoms with E-state index in [0.717, 1.165) is 15.7 Å². The van der Waals surface area contributed by atoms with Gasteiger partial charge in [-0.15, -0.1) is 0 Å². The van der Waals surface area contributed by atoms with E-state index in [1.165, 1.54) is 18.2 Å². The third-order valence-corrected chi connectivity index (χ3v) is 6.41. The van der Waals surface area contributed by atoms with E-state index in [9.17, 15) is 19.7 Å². The predicted molar refractivity (Wildman–Crippen MR) is 125 cm³/mol. The number of nitro benzene ring substituents is 1. The second-order valence-electron chi connectivity index (χ2n) is 6.71. The van der Waals surface area contributed by atoms with Crippen molar-refractivity contribution < 1.29 is 19.2 Å². The highest BCUT2D eigenvalue weighted by molar-refractivity contribution is 8.18. The number of amides is 2. The number of fused-ring (bicyclic) bond motifs is 1. The van der Waals surface area contributed by atoms with Crippen molar-refractivity contribution in [2.45, 2.75) is 0 Å². The Morgan fingerprint density at radius 1 is 1.06 bits per heavy atom. The first-order valence-corrected chi connectivity index (χ1v) is 10.9. The van der Waals surface area contributed by atoms with Crippen LogP contribution in [0.2, 0.25) is 10.0 Å². The fourth-order valence-corrected chi connectivity index (χ4v) is 4.62. The van der Waals surface area contributed by atoms with Crippen LogP contribution >= 0.6 is 35.0 Å². The SMILES string of the molecule is O=C1S/C(=C\c2c(Cl)ccc([N+](=O)[O-])c2Cl)C(=O)N1CCOc1cccc2ccccc12. The molecule has 0 radical (unpaired) electrons. The summed E-state index contributed by atoms with van der Waals surface area (Å²) < 4.78 is 5.82. The normalized spacial score (nSPS) is 15.1. The number of nitrogens with zero attached hydrogens (tertiary/aromatic N) is 2. The van der Waals surface area contributed by atoms with E-state index in [4.69, 9.17) is 27.9 Å². The molecular weight excluding hydrogens is 475 g/mol. The number of nitro groups is 1. The van der Waals surface area contributed by atoms with Crippen molar-refractivity contribution in [2.75, 3.05) is 13.2 Å². The van der Waals surface area contributed by atoms with E-state index in [-0.39, 0.29) is 39.4 Å². The molecule has 1 fully saturated rings. The van der Waals surface area contributed by atoms with Gasteiger partial charge in [-0.25, -0.2) is 0 Å². The summed E-state index contributed by atoms with van der Waals surface area (Å²) in [5, 5.41) is 12.5. The number of benzene rings is 3. The number of halogens is 2. The average Bonchev–Trinajstić information content (AvgIpc) is 3.03. The van der Waals surface area contributed by atoms with Crippen LogP contribution in [0.3, 0.4) is 0 Å². The van der Waals surface area contributed by atoms with E-state index in [1.54, 1.807) is 0 Å². The summed E-state index contributed by atoms with van der Waals surface area (Å²) in [5.74, 6) is 0.112. The Labute approximate surface area is 196 Å². The van der Waals surface area contributed by atoms with E-state index in [1.807, 2.05) is 42.5 Å². The van der Waals surface area contributed by atoms with Gasteiger partial charge in [-0.2, -0.15) is 0 Å². The average molecular weight is 489 g/mol. The second-order valence-corrected chi connectivity index (χ2v) is 8.49. The summed E-state index contributed by atoms with van der Waals surface area (Å²) in [4.78, 5) is 36.7. The van der Waals surface area contributed by atoms with Gasteiger partial charge in [-0.3, -0.25) is 24.6 Å². The lowest BCUT2D eigenvalue weighted by Gasteiger charge is -2.14. The summed E-state index contributed by atoms with van der Waals surface area (Å²) >= 11 is 12.9. The molecule has 0 N–H and O–H groups in total. The van der Waals surface area contributed by atoms with Gasteiger partial charge in [0.05, 0.1) is 16.4 Å². The molecule has 1 aliphatic rings. The minimum atomic E-state index is -0.646. The van der Waals surface area contributed by atoms with Gasteiger partial charge < -0.3 is 4.74 Å². The van der Waals surface area contributed by atoms with Gasteiger partial charge >= 0.3 is 0 Å².